The second-order valence-electron chi connectivity index (χ2n) is 3.75. The topological polar surface area (TPSA) is 46.6 Å². The molecule has 1 rings (SSSR count). The molecule has 1 amide bonds. The Hall–Kier alpha value is -1.84. The van der Waals surface area contributed by atoms with E-state index in [2.05, 4.69) is 0 Å². The third-order valence-electron chi connectivity index (χ3n) is 2.29. The molecule has 0 saturated carbocycles. The van der Waals surface area contributed by atoms with E-state index in [1.54, 1.807) is 13.0 Å². The van der Waals surface area contributed by atoms with Crippen molar-refractivity contribution in [2.45, 2.75) is 20.8 Å². The summed E-state index contributed by atoms with van der Waals surface area (Å²) >= 11 is 0. The highest BCUT2D eigenvalue weighted by atomic mass is 16.5. The van der Waals surface area contributed by atoms with E-state index < -0.39 is 5.97 Å². The second kappa shape index (κ2) is 6.03. The number of anilines is 1. The van der Waals surface area contributed by atoms with E-state index in [0.717, 1.165) is 5.56 Å². The molecule has 0 aliphatic rings. The van der Waals surface area contributed by atoms with Crippen molar-refractivity contribution in [2.24, 2.45) is 0 Å². The first-order chi connectivity index (χ1) is 8.04. The first kappa shape index (κ1) is 13.2. The summed E-state index contributed by atoms with van der Waals surface area (Å²) in [4.78, 5) is 24.3. The number of esters is 1. The molecule has 4 nitrogen and oxygen atoms in total. The number of aryl methyl sites for hydroxylation is 1. The molecule has 0 N–H and O–H groups in total. The largest absolute Gasteiger partial charge is 0.465 e. The average molecular weight is 235 g/mol. The van der Waals surface area contributed by atoms with Gasteiger partial charge in [0.25, 0.3) is 0 Å². The summed E-state index contributed by atoms with van der Waals surface area (Å²) in [6.07, 6.45) is 0. The quantitative estimate of drug-likeness (QED) is 0.749. The van der Waals surface area contributed by atoms with Crippen LogP contribution >= 0.6 is 0 Å². The molecule has 0 unspecified atom stereocenters. The van der Waals surface area contributed by atoms with Crippen molar-refractivity contribution in [3.05, 3.63) is 29.8 Å². The minimum Gasteiger partial charge on any atom is -0.465 e. The lowest BCUT2D eigenvalue weighted by molar-refractivity contribution is -0.142. The van der Waals surface area contributed by atoms with E-state index in [9.17, 15) is 9.59 Å². The summed E-state index contributed by atoms with van der Waals surface area (Å²) < 4.78 is 4.84. The molecule has 0 bridgehead atoms. The number of benzene rings is 1. The Labute approximate surface area is 101 Å². The zero-order chi connectivity index (χ0) is 12.8. The van der Waals surface area contributed by atoms with Gasteiger partial charge in [0.1, 0.15) is 6.54 Å². The van der Waals surface area contributed by atoms with Gasteiger partial charge in [0, 0.05) is 12.6 Å². The molecular weight excluding hydrogens is 218 g/mol. The fourth-order valence-corrected chi connectivity index (χ4v) is 1.52. The Bertz CT molecular complexity index is 415. The van der Waals surface area contributed by atoms with Crippen LogP contribution in [0.15, 0.2) is 24.3 Å². The molecule has 0 aliphatic carbocycles. The highest BCUT2D eigenvalue weighted by Crippen LogP contribution is 2.16. The van der Waals surface area contributed by atoms with Crippen LogP contribution in [0, 0.1) is 6.92 Å². The van der Waals surface area contributed by atoms with Crippen molar-refractivity contribution in [3.63, 3.8) is 0 Å². The zero-order valence-electron chi connectivity index (χ0n) is 10.4. The van der Waals surface area contributed by atoms with Crippen molar-refractivity contribution in [2.75, 3.05) is 18.1 Å². The van der Waals surface area contributed by atoms with Crippen LogP contribution in [0.2, 0.25) is 0 Å². The van der Waals surface area contributed by atoms with Crippen molar-refractivity contribution < 1.29 is 14.3 Å². The summed E-state index contributed by atoms with van der Waals surface area (Å²) in [5.41, 5.74) is 1.75. The lowest BCUT2D eigenvalue weighted by Gasteiger charge is -2.20. The SMILES string of the molecule is CCOC(=O)CN(C(C)=O)c1cccc(C)c1. The third-order valence-corrected chi connectivity index (χ3v) is 2.29. The molecule has 0 aliphatic heterocycles. The first-order valence-electron chi connectivity index (χ1n) is 5.55. The summed E-state index contributed by atoms with van der Waals surface area (Å²) in [6.45, 7) is 5.38. The molecule has 92 valence electrons. The van der Waals surface area contributed by atoms with E-state index in [4.69, 9.17) is 4.74 Å². The number of ether oxygens (including phenoxy) is 1. The molecule has 4 heteroatoms. The van der Waals surface area contributed by atoms with Gasteiger partial charge in [-0.15, -0.1) is 0 Å². The fourth-order valence-electron chi connectivity index (χ4n) is 1.52. The maximum atomic E-state index is 11.5. The Kier molecular flexibility index (Phi) is 4.69. The molecule has 0 spiro atoms. The smallest absolute Gasteiger partial charge is 0.326 e. The van der Waals surface area contributed by atoms with Crippen LogP contribution < -0.4 is 4.90 Å². The molecule has 0 aromatic heterocycles. The number of hydrogen-bond donors (Lipinski definition) is 0. The van der Waals surface area contributed by atoms with E-state index in [1.807, 2.05) is 25.1 Å². The minimum absolute atomic E-state index is 0.0490. The summed E-state index contributed by atoms with van der Waals surface area (Å²) in [5.74, 6) is -0.576. The van der Waals surface area contributed by atoms with Crippen molar-refractivity contribution in [1.29, 1.82) is 0 Å². The second-order valence-corrected chi connectivity index (χ2v) is 3.75. The minimum atomic E-state index is -0.399. The van der Waals surface area contributed by atoms with Crippen LogP contribution in [0.25, 0.3) is 0 Å². The molecule has 0 fully saturated rings. The zero-order valence-corrected chi connectivity index (χ0v) is 10.4. The standard InChI is InChI=1S/C13H17NO3/c1-4-17-13(16)9-14(11(3)15)12-7-5-6-10(2)8-12/h5-8H,4,9H2,1-3H3. The maximum absolute atomic E-state index is 11.5. The van der Waals surface area contributed by atoms with Crippen molar-refractivity contribution in [3.8, 4) is 0 Å². The summed E-state index contributed by atoms with van der Waals surface area (Å²) in [7, 11) is 0. The summed E-state index contributed by atoms with van der Waals surface area (Å²) in [5, 5.41) is 0. The average Bonchev–Trinajstić information content (AvgIpc) is 2.26. The third kappa shape index (κ3) is 3.90. The molecular formula is C13H17NO3. The lowest BCUT2D eigenvalue weighted by atomic mass is 10.2. The lowest BCUT2D eigenvalue weighted by Crippen LogP contribution is -2.34. The van der Waals surface area contributed by atoms with Crippen LogP contribution in [0.4, 0.5) is 5.69 Å². The predicted octanol–water partition coefficient (Wildman–Crippen LogP) is 1.91. The van der Waals surface area contributed by atoms with Gasteiger partial charge >= 0.3 is 5.97 Å². The molecule has 0 heterocycles. The highest BCUT2D eigenvalue weighted by Gasteiger charge is 2.16. The Balaban J connectivity index is 2.86. The normalized spacial score (nSPS) is 9.82. The Morgan fingerprint density at radius 3 is 2.59 bits per heavy atom. The van der Waals surface area contributed by atoms with Crippen LogP contribution in [-0.2, 0) is 14.3 Å². The van der Waals surface area contributed by atoms with Crippen molar-refractivity contribution in [1.82, 2.24) is 0 Å². The van der Waals surface area contributed by atoms with Gasteiger partial charge in [0.15, 0.2) is 0 Å². The summed E-state index contributed by atoms with van der Waals surface area (Å²) in [6, 6.07) is 7.45. The molecule has 0 atom stereocenters. The van der Waals surface area contributed by atoms with Gasteiger partial charge in [0.05, 0.1) is 6.61 Å². The van der Waals surface area contributed by atoms with E-state index >= 15 is 0 Å². The molecule has 1 aromatic rings. The number of nitrogens with zero attached hydrogens (tertiary/aromatic N) is 1. The van der Waals surface area contributed by atoms with Gasteiger partial charge < -0.3 is 9.64 Å². The number of carbonyl (C=O) groups excluding carboxylic acids is 2. The molecule has 0 saturated heterocycles. The monoisotopic (exact) mass is 235 g/mol. The Morgan fingerprint density at radius 1 is 1.35 bits per heavy atom. The molecule has 1 aromatic carbocycles. The van der Waals surface area contributed by atoms with E-state index in [1.165, 1.54) is 11.8 Å². The molecule has 17 heavy (non-hydrogen) atoms. The van der Waals surface area contributed by atoms with E-state index in [-0.39, 0.29) is 12.5 Å². The van der Waals surface area contributed by atoms with Crippen LogP contribution in [0.3, 0.4) is 0 Å². The van der Waals surface area contributed by atoms with Crippen LogP contribution in [0.1, 0.15) is 19.4 Å². The highest BCUT2D eigenvalue weighted by molar-refractivity contribution is 5.96. The number of rotatable bonds is 4. The fraction of sp³-hybridized carbons (Fsp3) is 0.385. The van der Waals surface area contributed by atoms with Gasteiger partial charge in [-0.3, -0.25) is 9.59 Å². The number of carbonyl (C=O) groups is 2. The number of amides is 1. The maximum Gasteiger partial charge on any atom is 0.326 e. The molecule has 0 radical (unpaired) electrons. The van der Waals surface area contributed by atoms with Gasteiger partial charge in [-0.1, -0.05) is 12.1 Å². The van der Waals surface area contributed by atoms with Crippen molar-refractivity contribution >= 4 is 17.6 Å². The van der Waals surface area contributed by atoms with Gasteiger partial charge in [-0.2, -0.15) is 0 Å². The van der Waals surface area contributed by atoms with Gasteiger partial charge in [0.2, 0.25) is 5.91 Å². The van der Waals surface area contributed by atoms with Crippen LogP contribution in [0.5, 0.6) is 0 Å². The van der Waals surface area contributed by atoms with Crippen LogP contribution in [-0.4, -0.2) is 25.0 Å². The predicted molar refractivity (Wildman–Crippen MR) is 65.8 cm³/mol. The first-order valence-corrected chi connectivity index (χ1v) is 5.55. The Morgan fingerprint density at radius 2 is 2.06 bits per heavy atom. The van der Waals surface area contributed by atoms with Gasteiger partial charge in [-0.25, -0.2) is 0 Å². The number of hydrogen-bond acceptors (Lipinski definition) is 3. The van der Waals surface area contributed by atoms with Gasteiger partial charge in [-0.05, 0) is 31.5 Å². The van der Waals surface area contributed by atoms with E-state index in [0.29, 0.717) is 12.3 Å².